The number of rotatable bonds is 8. The third-order valence-electron chi connectivity index (χ3n) is 5.24. The van der Waals surface area contributed by atoms with E-state index in [9.17, 15) is 0 Å². The number of aromatic nitrogens is 2. The molecule has 0 radical (unpaired) electrons. The molecular weight excluding hydrogens is 380 g/mol. The summed E-state index contributed by atoms with van der Waals surface area (Å²) in [5.74, 6) is 2.75. The molecular formula is C22H34N6O2. The average molecular weight is 415 g/mol. The zero-order chi connectivity index (χ0) is 21.3. The van der Waals surface area contributed by atoms with Gasteiger partial charge in [-0.3, -0.25) is 14.6 Å². The normalized spacial score (nSPS) is 15.3. The molecule has 3 rings (SSSR count). The number of hydrogen-bond acceptors (Lipinski definition) is 5. The number of piperazine rings is 1. The third kappa shape index (κ3) is 5.89. The van der Waals surface area contributed by atoms with Crippen molar-refractivity contribution in [3.05, 3.63) is 41.7 Å². The first-order chi connectivity index (χ1) is 14.6. The van der Waals surface area contributed by atoms with E-state index >= 15 is 0 Å². The lowest BCUT2D eigenvalue weighted by molar-refractivity contribution is 0.171. The molecule has 0 spiro atoms. The summed E-state index contributed by atoms with van der Waals surface area (Å²) in [5.41, 5.74) is 2.33. The maximum atomic E-state index is 5.53. The summed E-state index contributed by atoms with van der Waals surface area (Å²) in [4.78, 5) is 9.61. The Kier molecular flexibility index (Phi) is 7.96. The van der Waals surface area contributed by atoms with E-state index in [1.807, 2.05) is 29.2 Å². The summed E-state index contributed by atoms with van der Waals surface area (Å²) in [6.07, 6.45) is 3.93. The van der Waals surface area contributed by atoms with Crippen molar-refractivity contribution in [1.29, 1.82) is 0 Å². The molecule has 164 valence electrons. The summed E-state index contributed by atoms with van der Waals surface area (Å²) < 4.78 is 12.9. The molecule has 8 heteroatoms. The Morgan fingerprint density at radius 2 is 1.97 bits per heavy atom. The topological polar surface area (TPSA) is 67.2 Å². The second-order valence-electron chi connectivity index (χ2n) is 7.46. The Hall–Kier alpha value is -2.74. The average Bonchev–Trinajstić information content (AvgIpc) is 3.18. The predicted molar refractivity (Wildman–Crippen MR) is 119 cm³/mol. The van der Waals surface area contributed by atoms with Crippen molar-refractivity contribution in [2.45, 2.75) is 26.9 Å². The van der Waals surface area contributed by atoms with Crippen LogP contribution in [0.15, 0.2) is 35.6 Å². The Morgan fingerprint density at radius 1 is 1.17 bits per heavy atom. The van der Waals surface area contributed by atoms with Crippen molar-refractivity contribution in [1.82, 2.24) is 24.9 Å². The largest absolute Gasteiger partial charge is 0.497 e. The lowest BCUT2D eigenvalue weighted by Crippen LogP contribution is -2.52. The number of aliphatic imine (C=N–C) groups is 1. The van der Waals surface area contributed by atoms with Gasteiger partial charge in [-0.2, -0.15) is 5.10 Å². The minimum atomic E-state index is 0.713. The van der Waals surface area contributed by atoms with Crippen LogP contribution >= 0.6 is 0 Å². The fraction of sp³-hybridized carbons (Fsp3) is 0.545. The molecule has 1 saturated heterocycles. The number of nitrogens with zero attached hydrogens (tertiary/aromatic N) is 5. The molecule has 0 bridgehead atoms. The smallest absolute Gasteiger partial charge is 0.194 e. The SMILES string of the molecule is CCNC(=NCCn1cc(C)cn1)N1CCN(Cc2cc(OC)ccc2OC)CC1. The van der Waals surface area contributed by atoms with E-state index in [1.165, 1.54) is 5.56 Å². The van der Waals surface area contributed by atoms with Crippen LogP contribution in [0, 0.1) is 6.92 Å². The summed E-state index contributed by atoms with van der Waals surface area (Å²) in [6.45, 7) is 11.2. The number of nitrogens with one attached hydrogen (secondary N) is 1. The van der Waals surface area contributed by atoms with Crippen molar-refractivity contribution in [3.8, 4) is 11.5 Å². The van der Waals surface area contributed by atoms with Crippen molar-refractivity contribution < 1.29 is 9.47 Å². The standard InChI is InChI=1S/C22H34N6O2/c1-5-23-22(24-8-9-28-16-18(2)15-25-28)27-12-10-26(11-13-27)17-19-14-20(29-3)6-7-21(19)30-4/h6-7,14-16H,5,8-13,17H2,1-4H3,(H,23,24). The highest BCUT2D eigenvalue weighted by Crippen LogP contribution is 2.25. The summed E-state index contributed by atoms with van der Waals surface area (Å²) in [5, 5.41) is 7.77. The lowest BCUT2D eigenvalue weighted by atomic mass is 10.1. The van der Waals surface area contributed by atoms with Gasteiger partial charge in [-0.15, -0.1) is 0 Å². The van der Waals surface area contributed by atoms with E-state index in [4.69, 9.17) is 14.5 Å². The Balaban J connectivity index is 1.55. The Bertz CT molecular complexity index is 827. The first-order valence-corrected chi connectivity index (χ1v) is 10.6. The van der Waals surface area contributed by atoms with Gasteiger partial charge in [-0.05, 0) is 37.6 Å². The van der Waals surface area contributed by atoms with Gasteiger partial charge in [0.05, 0.1) is 33.5 Å². The fourth-order valence-electron chi connectivity index (χ4n) is 3.64. The highest BCUT2D eigenvalue weighted by Gasteiger charge is 2.20. The van der Waals surface area contributed by atoms with Gasteiger partial charge in [0.1, 0.15) is 11.5 Å². The Morgan fingerprint density at radius 3 is 2.60 bits per heavy atom. The predicted octanol–water partition coefficient (Wildman–Crippen LogP) is 1.99. The first-order valence-electron chi connectivity index (χ1n) is 10.6. The van der Waals surface area contributed by atoms with E-state index in [0.717, 1.165) is 68.8 Å². The van der Waals surface area contributed by atoms with Crippen LogP contribution in [0.5, 0.6) is 11.5 Å². The number of guanidine groups is 1. The van der Waals surface area contributed by atoms with Crippen molar-refractivity contribution in [2.24, 2.45) is 4.99 Å². The summed E-state index contributed by atoms with van der Waals surface area (Å²) in [7, 11) is 3.41. The van der Waals surface area contributed by atoms with Crippen LogP contribution in [0.1, 0.15) is 18.1 Å². The second-order valence-corrected chi connectivity index (χ2v) is 7.46. The second kappa shape index (κ2) is 10.9. The number of benzene rings is 1. The van der Waals surface area contributed by atoms with E-state index in [2.05, 4.69) is 40.1 Å². The van der Waals surface area contributed by atoms with E-state index in [1.54, 1.807) is 14.2 Å². The molecule has 1 aliphatic rings. The highest BCUT2D eigenvalue weighted by molar-refractivity contribution is 5.80. The molecule has 1 aliphatic heterocycles. The number of aryl methyl sites for hydroxylation is 1. The van der Waals surface area contributed by atoms with Crippen LogP contribution in [0.25, 0.3) is 0 Å². The summed E-state index contributed by atoms with van der Waals surface area (Å²) in [6, 6.07) is 5.97. The first kappa shape index (κ1) is 22.0. The molecule has 2 aromatic rings. The van der Waals surface area contributed by atoms with Crippen molar-refractivity contribution in [3.63, 3.8) is 0 Å². The monoisotopic (exact) mass is 414 g/mol. The van der Waals surface area contributed by atoms with Gasteiger partial charge >= 0.3 is 0 Å². The molecule has 1 N–H and O–H groups in total. The van der Waals surface area contributed by atoms with Crippen LogP contribution in [0.4, 0.5) is 0 Å². The van der Waals surface area contributed by atoms with E-state index < -0.39 is 0 Å². The molecule has 0 aliphatic carbocycles. The molecule has 1 aromatic heterocycles. The zero-order valence-electron chi connectivity index (χ0n) is 18.6. The van der Waals surface area contributed by atoms with Gasteiger partial charge in [0.15, 0.2) is 5.96 Å². The molecule has 30 heavy (non-hydrogen) atoms. The van der Waals surface area contributed by atoms with Gasteiger partial charge in [-0.1, -0.05) is 0 Å². The van der Waals surface area contributed by atoms with Gasteiger partial charge in [-0.25, -0.2) is 0 Å². The van der Waals surface area contributed by atoms with Crippen molar-refractivity contribution in [2.75, 3.05) is 53.5 Å². The lowest BCUT2D eigenvalue weighted by Gasteiger charge is -2.36. The van der Waals surface area contributed by atoms with Crippen LogP contribution in [-0.2, 0) is 13.1 Å². The molecule has 2 heterocycles. The van der Waals surface area contributed by atoms with Crippen molar-refractivity contribution >= 4 is 5.96 Å². The molecule has 0 atom stereocenters. The zero-order valence-corrected chi connectivity index (χ0v) is 18.6. The highest BCUT2D eigenvalue weighted by atomic mass is 16.5. The van der Waals surface area contributed by atoms with Gasteiger partial charge in [0, 0.05) is 51.0 Å². The van der Waals surface area contributed by atoms with Crippen LogP contribution in [0.3, 0.4) is 0 Å². The van der Waals surface area contributed by atoms with Crippen LogP contribution in [-0.4, -0.2) is 79.0 Å². The third-order valence-corrected chi connectivity index (χ3v) is 5.24. The molecule has 0 unspecified atom stereocenters. The van der Waals surface area contributed by atoms with Crippen LogP contribution in [0.2, 0.25) is 0 Å². The van der Waals surface area contributed by atoms with Gasteiger partial charge < -0.3 is 19.7 Å². The van der Waals surface area contributed by atoms with Crippen LogP contribution < -0.4 is 14.8 Å². The number of hydrogen-bond donors (Lipinski definition) is 1. The molecule has 0 saturated carbocycles. The molecule has 8 nitrogen and oxygen atoms in total. The fourth-order valence-corrected chi connectivity index (χ4v) is 3.64. The van der Waals surface area contributed by atoms with Gasteiger partial charge in [0.25, 0.3) is 0 Å². The number of ether oxygens (including phenoxy) is 2. The molecule has 1 fully saturated rings. The van der Waals surface area contributed by atoms with E-state index in [-0.39, 0.29) is 0 Å². The quantitative estimate of drug-likeness (QED) is 0.526. The molecule has 0 amide bonds. The Labute approximate surface area is 179 Å². The maximum absolute atomic E-state index is 5.53. The number of methoxy groups -OCH3 is 2. The maximum Gasteiger partial charge on any atom is 0.194 e. The van der Waals surface area contributed by atoms with E-state index in [0.29, 0.717) is 6.54 Å². The minimum absolute atomic E-state index is 0.713. The molecule has 1 aromatic carbocycles. The minimum Gasteiger partial charge on any atom is -0.497 e. The van der Waals surface area contributed by atoms with Gasteiger partial charge in [0.2, 0.25) is 0 Å². The summed E-state index contributed by atoms with van der Waals surface area (Å²) >= 11 is 0.